The molecule has 0 aromatic carbocycles. The molecule has 1 rings (SSSR count). The molecule has 1 radical (unpaired) electrons. The maximum atomic E-state index is 10.4. The lowest BCUT2D eigenvalue weighted by atomic mass is 10.4. The fourth-order valence-corrected chi connectivity index (χ4v) is 1.89. The van der Waals surface area contributed by atoms with Crippen molar-refractivity contribution in [1.29, 1.82) is 0 Å². The summed E-state index contributed by atoms with van der Waals surface area (Å²) >= 11 is 0. The Bertz CT molecular complexity index is 133. The van der Waals surface area contributed by atoms with Crippen LogP contribution in [0.4, 0.5) is 0 Å². The van der Waals surface area contributed by atoms with Crippen molar-refractivity contribution in [3.63, 3.8) is 0 Å². The summed E-state index contributed by atoms with van der Waals surface area (Å²) < 4.78 is 20.8. The summed E-state index contributed by atoms with van der Waals surface area (Å²) in [6.45, 7) is 0. The Morgan fingerprint density at radius 2 is 2.14 bits per heavy atom. The average molecular weight is 119 g/mol. The van der Waals surface area contributed by atoms with Gasteiger partial charge in [0.1, 0.15) is 0 Å². The zero-order chi connectivity index (χ0) is 5.33. The van der Waals surface area contributed by atoms with E-state index in [1.54, 1.807) is 0 Å². The Labute approximate surface area is 43.5 Å². The lowest BCUT2D eigenvalue weighted by molar-refractivity contribution is 0.605. The van der Waals surface area contributed by atoms with Crippen molar-refractivity contribution < 1.29 is 8.42 Å². The minimum absolute atomic E-state index is 0.368. The van der Waals surface area contributed by atoms with E-state index in [4.69, 9.17) is 0 Å². The van der Waals surface area contributed by atoms with Crippen LogP contribution in [0.15, 0.2) is 0 Å². The van der Waals surface area contributed by atoms with Gasteiger partial charge in [0, 0.05) is 0 Å². The van der Waals surface area contributed by atoms with Gasteiger partial charge in [-0.05, 0) is 12.8 Å². The van der Waals surface area contributed by atoms with Gasteiger partial charge in [-0.1, -0.05) is 0 Å². The van der Waals surface area contributed by atoms with Crippen LogP contribution < -0.4 is 0 Å². The number of rotatable bonds is 0. The van der Waals surface area contributed by atoms with Crippen molar-refractivity contribution in [2.24, 2.45) is 0 Å². The smallest absolute Gasteiger partial charge is 0.154 e. The molecular formula is C4H7O2S. The van der Waals surface area contributed by atoms with Crippen LogP contribution in [0.3, 0.4) is 0 Å². The Kier molecular flexibility index (Phi) is 1.07. The van der Waals surface area contributed by atoms with Crippen molar-refractivity contribution >= 4 is 9.84 Å². The molecule has 2 nitrogen and oxygen atoms in total. The van der Waals surface area contributed by atoms with Gasteiger partial charge in [-0.25, -0.2) is 8.42 Å². The second-order valence-electron chi connectivity index (χ2n) is 1.68. The Hall–Kier alpha value is -0.0500. The highest BCUT2D eigenvalue weighted by Gasteiger charge is 2.16. The number of hydrogen-bond donors (Lipinski definition) is 0. The summed E-state index contributed by atoms with van der Waals surface area (Å²) in [4.78, 5) is 0. The van der Waals surface area contributed by atoms with E-state index < -0.39 is 9.84 Å². The normalized spacial score (nSPS) is 28.0. The quantitative estimate of drug-likeness (QED) is 0.461. The molecule has 41 valence electrons. The van der Waals surface area contributed by atoms with Crippen LogP contribution in [0, 0.1) is 5.75 Å². The van der Waals surface area contributed by atoms with Crippen LogP contribution in [0.5, 0.6) is 0 Å². The molecule has 1 aliphatic rings. The first kappa shape index (κ1) is 5.09. The standard InChI is InChI=1S/C4H7O2S/c5-7(6)3-1-2-4-7/h3H,1-2,4H2. The molecule has 1 saturated heterocycles. The van der Waals surface area contributed by atoms with Crippen LogP contribution in [-0.2, 0) is 9.84 Å². The SMILES string of the molecule is O=S1(=O)[CH]CCC1. The third-order valence-electron chi connectivity index (χ3n) is 1.00. The van der Waals surface area contributed by atoms with Crippen molar-refractivity contribution in [3.8, 4) is 0 Å². The van der Waals surface area contributed by atoms with Crippen molar-refractivity contribution in [1.82, 2.24) is 0 Å². The minimum atomic E-state index is -2.67. The van der Waals surface area contributed by atoms with Crippen LogP contribution in [0.25, 0.3) is 0 Å². The van der Waals surface area contributed by atoms with Gasteiger partial charge >= 0.3 is 0 Å². The largest absolute Gasteiger partial charge is 0.229 e. The predicted molar refractivity (Wildman–Crippen MR) is 27.3 cm³/mol. The Morgan fingerprint density at radius 3 is 2.29 bits per heavy atom. The fraction of sp³-hybridized carbons (Fsp3) is 0.750. The van der Waals surface area contributed by atoms with E-state index in [-0.39, 0.29) is 0 Å². The van der Waals surface area contributed by atoms with Crippen molar-refractivity contribution in [3.05, 3.63) is 5.75 Å². The van der Waals surface area contributed by atoms with E-state index in [0.717, 1.165) is 12.8 Å². The van der Waals surface area contributed by atoms with E-state index >= 15 is 0 Å². The van der Waals surface area contributed by atoms with Gasteiger partial charge in [-0.3, -0.25) is 0 Å². The highest BCUT2D eigenvalue weighted by molar-refractivity contribution is 7.93. The maximum absolute atomic E-state index is 10.4. The molecule has 0 bridgehead atoms. The van der Waals surface area contributed by atoms with Crippen molar-refractivity contribution in [2.75, 3.05) is 5.75 Å². The topological polar surface area (TPSA) is 34.1 Å². The molecule has 1 heterocycles. The van der Waals surface area contributed by atoms with Gasteiger partial charge in [0.2, 0.25) is 0 Å². The molecule has 0 spiro atoms. The molecule has 0 atom stereocenters. The summed E-state index contributed by atoms with van der Waals surface area (Å²) in [6, 6.07) is 0. The van der Waals surface area contributed by atoms with Crippen LogP contribution in [0.1, 0.15) is 12.8 Å². The lowest BCUT2D eigenvalue weighted by Gasteiger charge is -1.80. The molecule has 3 heteroatoms. The summed E-state index contributed by atoms with van der Waals surface area (Å²) in [7, 11) is -2.67. The number of hydrogen-bond acceptors (Lipinski definition) is 2. The molecule has 1 fully saturated rings. The fourth-order valence-electron chi connectivity index (χ4n) is 0.631. The minimum Gasteiger partial charge on any atom is -0.229 e. The summed E-state index contributed by atoms with van der Waals surface area (Å²) in [5, 5.41) is 0. The van der Waals surface area contributed by atoms with Crippen molar-refractivity contribution in [2.45, 2.75) is 12.8 Å². The molecule has 0 saturated carbocycles. The highest BCUT2D eigenvalue weighted by atomic mass is 32.2. The number of sulfone groups is 1. The second kappa shape index (κ2) is 1.47. The van der Waals surface area contributed by atoms with Gasteiger partial charge in [-0.2, -0.15) is 0 Å². The second-order valence-corrected chi connectivity index (χ2v) is 3.74. The highest BCUT2D eigenvalue weighted by Crippen LogP contribution is 2.13. The summed E-state index contributed by atoms with van der Waals surface area (Å²) in [5.41, 5.74) is 0. The van der Waals surface area contributed by atoms with Gasteiger partial charge in [-0.15, -0.1) is 0 Å². The zero-order valence-corrected chi connectivity index (χ0v) is 4.74. The van der Waals surface area contributed by atoms with E-state index in [0.29, 0.717) is 5.75 Å². The van der Waals surface area contributed by atoms with Gasteiger partial charge in [0.05, 0.1) is 11.5 Å². The van der Waals surface area contributed by atoms with Gasteiger partial charge in [0.15, 0.2) is 9.84 Å². The molecule has 0 aromatic rings. The van der Waals surface area contributed by atoms with Crippen LogP contribution >= 0.6 is 0 Å². The molecule has 0 N–H and O–H groups in total. The van der Waals surface area contributed by atoms with Gasteiger partial charge in [0.25, 0.3) is 0 Å². The molecule has 0 amide bonds. The summed E-state index contributed by atoms with van der Waals surface area (Å²) in [6.07, 6.45) is 1.57. The predicted octanol–water partition coefficient (Wildman–Crippen LogP) is 0.357. The molecule has 0 aromatic heterocycles. The first-order valence-electron chi connectivity index (χ1n) is 2.27. The lowest BCUT2D eigenvalue weighted by Crippen LogP contribution is -1.93. The van der Waals surface area contributed by atoms with Crippen LogP contribution in [-0.4, -0.2) is 14.2 Å². The third kappa shape index (κ3) is 1.16. The van der Waals surface area contributed by atoms with Crippen LogP contribution in [0.2, 0.25) is 0 Å². The molecule has 7 heavy (non-hydrogen) atoms. The van der Waals surface area contributed by atoms with E-state index in [1.165, 1.54) is 5.75 Å². The van der Waals surface area contributed by atoms with Gasteiger partial charge < -0.3 is 0 Å². The zero-order valence-electron chi connectivity index (χ0n) is 3.92. The third-order valence-corrected chi connectivity index (χ3v) is 2.61. The van der Waals surface area contributed by atoms with E-state index in [9.17, 15) is 8.42 Å². The Balaban J connectivity index is 2.76. The summed E-state index contributed by atoms with van der Waals surface area (Å²) in [5.74, 6) is 1.76. The molecule has 1 aliphatic heterocycles. The molecule has 0 unspecified atom stereocenters. The first-order valence-corrected chi connectivity index (χ1v) is 3.98. The maximum Gasteiger partial charge on any atom is 0.154 e. The Morgan fingerprint density at radius 1 is 1.43 bits per heavy atom. The first-order chi connectivity index (χ1) is 3.21. The molecule has 0 aliphatic carbocycles. The van der Waals surface area contributed by atoms with E-state index in [2.05, 4.69) is 0 Å². The van der Waals surface area contributed by atoms with E-state index in [1.807, 2.05) is 0 Å². The molecular weight excluding hydrogens is 112 g/mol. The average Bonchev–Trinajstić information content (AvgIpc) is 1.84. The monoisotopic (exact) mass is 119 g/mol.